The van der Waals surface area contributed by atoms with E-state index in [9.17, 15) is 13.2 Å². The molecular formula is C20H24BrN3O3S. The fraction of sp³-hybridized carbons (Fsp3) is 0.350. The first-order valence-corrected chi connectivity index (χ1v) is 11.6. The van der Waals surface area contributed by atoms with Crippen molar-refractivity contribution in [2.75, 3.05) is 38.0 Å². The number of anilines is 1. The van der Waals surface area contributed by atoms with Crippen LogP contribution in [0.5, 0.6) is 0 Å². The molecule has 2 aromatic rings. The van der Waals surface area contributed by atoms with E-state index in [1.54, 1.807) is 4.31 Å². The normalized spacial score (nSPS) is 16.0. The zero-order valence-corrected chi connectivity index (χ0v) is 18.0. The third-order valence-electron chi connectivity index (χ3n) is 4.72. The van der Waals surface area contributed by atoms with E-state index in [1.165, 1.54) is 0 Å². The zero-order chi connectivity index (χ0) is 20.0. The highest BCUT2D eigenvalue weighted by Crippen LogP contribution is 2.21. The van der Waals surface area contributed by atoms with E-state index in [1.807, 2.05) is 54.6 Å². The van der Waals surface area contributed by atoms with E-state index in [0.717, 1.165) is 15.7 Å². The molecule has 0 aliphatic carbocycles. The quantitative estimate of drug-likeness (QED) is 0.682. The number of benzene rings is 2. The maximum absolute atomic E-state index is 12.6. The molecule has 1 aliphatic rings. The Balaban J connectivity index is 1.44. The molecule has 0 saturated carbocycles. The van der Waals surface area contributed by atoms with Gasteiger partial charge in [0.2, 0.25) is 15.9 Å². The number of para-hydroxylation sites is 1. The van der Waals surface area contributed by atoms with Crippen molar-refractivity contribution in [2.24, 2.45) is 0 Å². The first-order chi connectivity index (χ1) is 13.4. The van der Waals surface area contributed by atoms with Crippen LogP contribution in [0.2, 0.25) is 0 Å². The molecule has 28 heavy (non-hydrogen) atoms. The molecule has 1 fully saturated rings. The highest BCUT2D eigenvalue weighted by molar-refractivity contribution is 9.10. The van der Waals surface area contributed by atoms with Crippen LogP contribution in [-0.4, -0.2) is 56.3 Å². The van der Waals surface area contributed by atoms with Gasteiger partial charge in [-0.3, -0.25) is 4.79 Å². The number of sulfonamides is 1. The van der Waals surface area contributed by atoms with Gasteiger partial charge in [0.05, 0.1) is 11.4 Å². The molecule has 6 nitrogen and oxygen atoms in total. The van der Waals surface area contributed by atoms with E-state index in [0.29, 0.717) is 39.1 Å². The van der Waals surface area contributed by atoms with Crippen LogP contribution < -0.4 is 5.32 Å². The van der Waals surface area contributed by atoms with Crippen LogP contribution in [0.4, 0.5) is 5.69 Å². The summed E-state index contributed by atoms with van der Waals surface area (Å²) in [5.74, 6) is -0.0200. The number of hydrogen-bond donors (Lipinski definition) is 1. The average Bonchev–Trinajstić information content (AvgIpc) is 2.69. The predicted molar refractivity (Wildman–Crippen MR) is 114 cm³/mol. The minimum Gasteiger partial charge on any atom is -0.325 e. The lowest BCUT2D eigenvalue weighted by molar-refractivity contribution is -0.116. The topological polar surface area (TPSA) is 69.7 Å². The monoisotopic (exact) mass is 465 g/mol. The maximum Gasteiger partial charge on any atom is 0.225 e. The van der Waals surface area contributed by atoms with Crippen LogP contribution in [0.15, 0.2) is 59.1 Å². The number of carbonyl (C=O) groups is 1. The van der Waals surface area contributed by atoms with Gasteiger partial charge in [0.1, 0.15) is 0 Å². The Bertz CT molecular complexity index is 898. The van der Waals surface area contributed by atoms with Crippen LogP contribution in [0.25, 0.3) is 0 Å². The first kappa shape index (κ1) is 21.0. The van der Waals surface area contributed by atoms with Gasteiger partial charge >= 0.3 is 0 Å². The molecule has 1 heterocycles. The Hall–Kier alpha value is -1.74. The number of hydrogen-bond acceptors (Lipinski definition) is 4. The lowest BCUT2D eigenvalue weighted by Crippen LogP contribution is -2.49. The lowest BCUT2D eigenvalue weighted by Gasteiger charge is -2.33. The standard InChI is InChI=1S/C20H24BrN3O3S/c21-18-8-4-5-9-19(18)22-20(25)10-11-23-12-14-24(15-13-23)28(26,27)16-17-6-2-1-3-7-17/h1-9H,10-16H2,(H,22,25). The highest BCUT2D eigenvalue weighted by atomic mass is 79.9. The van der Waals surface area contributed by atoms with Crippen molar-refractivity contribution < 1.29 is 13.2 Å². The minimum absolute atomic E-state index is 0.0300. The maximum atomic E-state index is 12.6. The van der Waals surface area contributed by atoms with Crippen molar-refractivity contribution in [3.05, 3.63) is 64.6 Å². The van der Waals surface area contributed by atoms with Gasteiger partial charge < -0.3 is 10.2 Å². The van der Waals surface area contributed by atoms with Gasteiger partial charge in [-0.2, -0.15) is 4.31 Å². The summed E-state index contributed by atoms with van der Waals surface area (Å²) < 4.78 is 27.6. The van der Waals surface area contributed by atoms with E-state index in [4.69, 9.17) is 0 Å². The molecule has 0 aromatic heterocycles. The minimum atomic E-state index is -3.31. The molecule has 1 aliphatic heterocycles. The second-order valence-electron chi connectivity index (χ2n) is 6.76. The Morgan fingerprint density at radius 1 is 0.964 bits per heavy atom. The molecule has 2 aromatic carbocycles. The number of amides is 1. The van der Waals surface area contributed by atoms with E-state index in [-0.39, 0.29) is 11.7 Å². The fourth-order valence-corrected chi connectivity index (χ4v) is 5.04. The average molecular weight is 466 g/mol. The van der Waals surface area contributed by atoms with Crippen molar-refractivity contribution in [1.82, 2.24) is 9.21 Å². The van der Waals surface area contributed by atoms with Crippen molar-refractivity contribution in [3.8, 4) is 0 Å². The number of nitrogens with zero attached hydrogens (tertiary/aromatic N) is 2. The number of nitrogens with one attached hydrogen (secondary N) is 1. The van der Waals surface area contributed by atoms with E-state index < -0.39 is 10.0 Å². The Labute approximate surface area is 174 Å². The summed E-state index contributed by atoms with van der Waals surface area (Å²) >= 11 is 3.41. The predicted octanol–water partition coefficient (Wildman–Crippen LogP) is 2.93. The summed E-state index contributed by atoms with van der Waals surface area (Å²) in [6.07, 6.45) is 0.373. The van der Waals surface area contributed by atoms with Gasteiger partial charge in [-0.25, -0.2) is 8.42 Å². The molecule has 0 bridgehead atoms. The van der Waals surface area contributed by atoms with Gasteiger partial charge in [0, 0.05) is 43.6 Å². The van der Waals surface area contributed by atoms with Crippen LogP contribution in [0.1, 0.15) is 12.0 Å². The third kappa shape index (κ3) is 5.88. The fourth-order valence-electron chi connectivity index (χ4n) is 3.14. The van der Waals surface area contributed by atoms with Crippen molar-refractivity contribution in [3.63, 3.8) is 0 Å². The van der Waals surface area contributed by atoms with Gasteiger partial charge in [0.25, 0.3) is 0 Å². The molecular weight excluding hydrogens is 442 g/mol. The molecule has 150 valence electrons. The van der Waals surface area contributed by atoms with Gasteiger partial charge in [-0.05, 0) is 33.6 Å². The molecule has 0 unspecified atom stereocenters. The number of piperazine rings is 1. The molecule has 1 amide bonds. The SMILES string of the molecule is O=C(CCN1CCN(S(=O)(=O)Cc2ccccc2)CC1)Nc1ccccc1Br. The lowest BCUT2D eigenvalue weighted by atomic mass is 10.2. The van der Waals surface area contributed by atoms with Crippen molar-refractivity contribution >= 4 is 37.5 Å². The largest absolute Gasteiger partial charge is 0.325 e. The molecule has 1 saturated heterocycles. The highest BCUT2D eigenvalue weighted by Gasteiger charge is 2.27. The first-order valence-electron chi connectivity index (χ1n) is 9.22. The Morgan fingerprint density at radius 2 is 1.61 bits per heavy atom. The van der Waals surface area contributed by atoms with Crippen molar-refractivity contribution in [1.29, 1.82) is 0 Å². The van der Waals surface area contributed by atoms with Crippen LogP contribution in [0, 0.1) is 0 Å². The summed E-state index contributed by atoms with van der Waals surface area (Å²) in [5.41, 5.74) is 1.55. The summed E-state index contributed by atoms with van der Waals surface area (Å²) in [4.78, 5) is 14.3. The van der Waals surface area contributed by atoms with Crippen LogP contribution in [-0.2, 0) is 20.6 Å². The molecule has 0 radical (unpaired) electrons. The number of carbonyl (C=O) groups excluding carboxylic acids is 1. The summed E-state index contributed by atoms with van der Waals surface area (Å²) in [7, 11) is -3.31. The Kier molecular flexibility index (Phi) is 7.23. The van der Waals surface area contributed by atoms with Crippen molar-refractivity contribution in [2.45, 2.75) is 12.2 Å². The molecule has 1 N–H and O–H groups in total. The van der Waals surface area contributed by atoms with Crippen LogP contribution in [0.3, 0.4) is 0 Å². The number of halogens is 1. The second kappa shape index (κ2) is 9.65. The molecule has 0 atom stereocenters. The van der Waals surface area contributed by atoms with Crippen LogP contribution >= 0.6 is 15.9 Å². The summed E-state index contributed by atoms with van der Waals surface area (Å²) in [6.45, 7) is 2.80. The smallest absolute Gasteiger partial charge is 0.225 e. The van der Waals surface area contributed by atoms with Gasteiger partial charge in [-0.1, -0.05) is 42.5 Å². The van der Waals surface area contributed by atoms with Gasteiger partial charge in [0.15, 0.2) is 0 Å². The Morgan fingerprint density at radius 3 is 2.29 bits per heavy atom. The van der Waals surface area contributed by atoms with E-state index in [2.05, 4.69) is 26.1 Å². The second-order valence-corrected chi connectivity index (χ2v) is 9.58. The molecule has 8 heteroatoms. The zero-order valence-electron chi connectivity index (χ0n) is 15.6. The summed E-state index contributed by atoms with van der Waals surface area (Å²) in [5, 5.41) is 2.89. The summed E-state index contributed by atoms with van der Waals surface area (Å²) in [6, 6.07) is 16.7. The number of rotatable bonds is 7. The third-order valence-corrected chi connectivity index (χ3v) is 7.26. The molecule has 0 spiro atoms. The molecule has 3 rings (SSSR count). The van der Waals surface area contributed by atoms with Gasteiger partial charge in [-0.15, -0.1) is 0 Å². The van der Waals surface area contributed by atoms with E-state index >= 15 is 0 Å².